The van der Waals surface area contributed by atoms with E-state index < -0.39 is 17.6 Å². The van der Waals surface area contributed by atoms with Gasteiger partial charge in [-0.15, -0.1) is 0 Å². The average molecular weight is 308 g/mol. The van der Waals surface area contributed by atoms with E-state index in [0.717, 1.165) is 6.20 Å². The van der Waals surface area contributed by atoms with Crippen LogP contribution in [0.5, 0.6) is 5.75 Å². The van der Waals surface area contributed by atoms with Crippen LogP contribution in [-0.4, -0.2) is 29.8 Å². The summed E-state index contributed by atoms with van der Waals surface area (Å²) in [5.74, 6) is -0.427. The number of hydrogen-bond donors (Lipinski definition) is 3. The Bertz CT molecular complexity index is 558. The van der Waals surface area contributed by atoms with Crippen LogP contribution in [0, 0.1) is 0 Å². The number of aliphatic hydroxyl groups excluding tert-OH is 1. The SMILES string of the molecule is CNC(=O)c1ccc(OC(O)=CNC(=O)OC(C)(C)C)cc1. The summed E-state index contributed by atoms with van der Waals surface area (Å²) in [5, 5.41) is 14.3. The van der Waals surface area contributed by atoms with Crippen LogP contribution in [0.2, 0.25) is 0 Å². The van der Waals surface area contributed by atoms with Gasteiger partial charge < -0.3 is 19.9 Å². The largest absolute Gasteiger partial charge is 0.480 e. The molecule has 0 atom stereocenters. The summed E-state index contributed by atoms with van der Waals surface area (Å²) in [5.41, 5.74) is -0.172. The van der Waals surface area contributed by atoms with E-state index in [2.05, 4.69) is 10.6 Å². The molecule has 0 saturated heterocycles. The van der Waals surface area contributed by atoms with Crippen molar-refractivity contribution in [2.24, 2.45) is 0 Å². The first-order valence-corrected chi connectivity index (χ1v) is 6.60. The summed E-state index contributed by atoms with van der Waals surface area (Å²) in [4.78, 5) is 22.7. The lowest BCUT2D eigenvalue weighted by molar-refractivity contribution is 0.0545. The van der Waals surface area contributed by atoms with E-state index in [9.17, 15) is 14.7 Å². The standard InChI is InChI=1S/C15H20N2O5/c1-15(2,3)22-14(20)17-9-12(18)21-11-7-5-10(6-8-11)13(19)16-4/h5-9,18H,1-4H3,(H,16,19)(H,17,20). The Morgan fingerprint density at radius 2 is 1.77 bits per heavy atom. The molecule has 0 aliphatic heterocycles. The highest BCUT2D eigenvalue weighted by Crippen LogP contribution is 2.14. The topological polar surface area (TPSA) is 96.9 Å². The third-order valence-corrected chi connectivity index (χ3v) is 2.28. The van der Waals surface area contributed by atoms with Gasteiger partial charge in [0.2, 0.25) is 0 Å². The van der Waals surface area contributed by atoms with Crippen LogP contribution in [0.15, 0.2) is 36.4 Å². The fraction of sp³-hybridized carbons (Fsp3) is 0.333. The number of rotatable bonds is 4. The number of carbonyl (C=O) groups excluding carboxylic acids is 2. The normalized spacial score (nSPS) is 11.5. The fourth-order valence-electron chi connectivity index (χ4n) is 1.40. The maximum absolute atomic E-state index is 11.4. The Morgan fingerprint density at radius 3 is 2.27 bits per heavy atom. The van der Waals surface area contributed by atoms with Gasteiger partial charge in [0.1, 0.15) is 11.4 Å². The Balaban J connectivity index is 2.57. The number of amides is 2. The molecule has 0 unspecified atom stereocenters. The Kier molecular flexibility index (Phi) is 5.80. The predicted octanol–water partition coefficient (Wildman–Crippen LogP) is 2.31. The summed E-state index contributed by atoms with van der Waals surface area (Å²) in [6.45, 7) is 5.17. The molecule has 120 valence electrons. The number of nitrogens with one attached hydrogen (secondary N) is 2. The number of ether oxygens (including phenoxy) is 2. The van der Waals surface area contributed by atoms with Gasteiger partial charge in [-0.1, -0.05) is 0 Å². The van der Waals surface area contributed by atoms with Gasteiger partial charge in [0.15, 0.2) is 0 Å². The molecule has 0 spiro atoms. The van der Waals surface area contributed by atoms with E-state index in [1.165, 1.54) is 19.2 Å². The minimum absolute atomic E-state index is 0.224. The van der Waals surface area contributed by atoms with Crippen LogP contribution < -0.4 is 15.4 Å². The van der Waals surface area contributed by atoms with Crippen LogP contribution in [0.25, 0.3) is 0 Å². The second-order valence-electron chi connectivity index (χ2n) is 5.33. The molecule has 3 N–H and O–H groups in total. The number of aliphatic hydroxyl groups is 1. The molecule has 0 aromatic heterocycles. The van der Waals surface area contributed by atoms with E-state index in [4.69, 9.17) is 9.47 Å². The molecule has 1 rings (SSSR count). The molecule has 0 aliphatic rings. The summed E-state index contributed by atoms with van der Waals surface area (Å²) in [6, 6.07) is 6.12. The van der Waals surface area contributed by atoms with Gasteiger partial charge >= 0.3 is 6.09 Å². The third kappa shape index (κ3) is 6.17. The minimum Gasteiger partial charge on any atom is -0.480 e. The molecule has 7 heteroatoms. The lowest BCUT2D eigenvalue weighted by Gasteiger charge is -2.18. The van der Waals surface area contributed by atoms with Crippen molar-refractivity contribution in [1.82, 2.24) is 10.6 Å². The smallest absolute Gasteiger partial charge is 0.411 e. The molecule has 0 bridgehead atoms. The van der Waals surface area contributed by atoms with Gasteiger partial charge in [-0.25, -0.2) is 4.79 Å². The van der Waals surface area contributed by atoms with Crippen molar-refractivity contribution in [3.05, 3.63) is 42.0 Å². The van der Waals surface area contributed by atoms with Gasteiger partial charge in [0.05, 0.1) is 6.20 Å². The van der Waals surface area contributed by atoms with Gasteiger partial charge in [-0.2, -0.15) is 0 Å². The fourth-order valence-corrected chi connectivity index (χ4v) is 1.40. The summed E-state index contributed by atoms with van der Waals surface area (Å²) >= 11 is 0. The van der Waals surface area contributed by atoms with Crippen molar-refractivity contribution < 1.29 is 24.2 Å². The molecule has 1 aromatic carbocycles. The van der Waals surface area contributed by atoms with Crippen molar-refractivity contribution in [3.8, 4) is 5.75 Å². The predicted molar refractivity (Wildman–Crippen MR) is 80.5 cm³/mol. The van der Waals surface area contributed by atoms with Crippen LogP contribution in [0.4, 0.5) is 4.79 Å². The second kappa shape index (κ2) is 7.35. The first kappa shape index (κ1) is 17.4. The number of carbonyl (C=O) groups is 2. The van der Waals surface area contributed by atoms with Crippen LogP contribution in [0.3, 0.4) is 0 Å². The lowest BCUT2D eigenvalue weighted by atomic mass is 10.2. The van der Waals surface area contributed by atoms with Gasteiger partial charge in [0.25, 0.3) is 11.9 Å². The monoisotopic (exact) mass is 308 g/mol. The molecular formula is C15H20N2O5. The van der Waals surface area contributed by atoms with Crippen molar-refractivity contribution in [2.45, 2.75) is 26.4 Å². The zero-order chi connectivity index (χ0) is 16.8. The number of alkyl carbamates (subject to hydrolysis) is 1. The highest BCUT2D eigenvalue weighted by Gasteiger charge is 2.15. The first-order valence-electron chi connectivity index (χ1n) is 6.60. The van der Waals surface area contributed by atoms with E-state index in [-0.39, 0.29) is 5.91 Å². The molecule has 0 aliphatic carbocycles. The second-order valence-corrected chi connectivity index (χ2v) is 5.33. The van der Waals surface area contributed by atoms with Crippen LogP contribution in [0.1, 0.15) is 31.1 Å². The maximum Gasteiger partial charge on any atom is 0.411 e. The zero-order valence-corrected chi connectivity index (χ0v) is 13.0. The third-order valence-electron chi connectivity index (χ3n) is 2.28. The lowest BCUT2D eigenvalue weighted by Crippen LogP contribution is -2.30. The van der Waals surface area contributed by atoms with Crippen molar-refractivity contribution in [1.29, 1.82) is 0 Å². The van der Waals surface area contributed by atoms with Crippen molar-refractivity contribution in [3.63, 3.8) is 0 Å². The summed E-state index contributed by atoms with van der Waals surface area (Å²) < 4.78 is 10.1. The van der Waals surface area contributed by atoms with Crippen molar-refractivity contribution in [2.75, 3.05) is 7.05 Å². The zero-order valence-electron chi connectivity index (χ0n) is 13.0. The van der Waals surface area contributed by atoms with Gasteiger partial charge in [-0.05, 0) is 45.0 Å². The Hall–Kier alpha value is -2.70. The minimum atomic E-state index is -0.711. The summed E-state index contributed by atoms with van der Waals surface area (Å²) in [7, 11) is 1.53. The molecule has 0 fully saturated rings. The average Bonchev–Trinajstić information content (AvgIpc) is 2.43. The molecule has 2 amide bonds. The van der Waals surface area contributed by atoms with Crippen LogP contribution in [-0.2, 0) is 4.74 Å². The highest BCUT2D eigenvalue weighted by atomic mass is 16.6. The molecule has 1 aromatic rings. The molecule has 0 heterocycles. The van der Waals surface area contributed by atoms with E-state index in [1.54, 1.807) is 32.9 Å². The van der Waals surface area contributed by atoms with Gasteiger partial charge in [-0.3, -0.25) is 10.1 Å². The Labute approximate surface area is 128 Å². The molecular weight excluding hydrogens is 288 g/mol. The first-order chi connectivity index (χ1) is 10.2. The molecule has 0 saturated carbocycles. The highest BCUT2D eigenvalue weighted by molar-refractivity contribution is 5.94. The van der Waals surface area contributed by atoms with E-state index in [1.807, 2.05) is 0 Å². The maximum atomic E-state index is 11.4. The summed E-state index contributed by atoms with van der Waals surface area (Å²) in [6.07, 6.45) is 0.262. The van der Waals surface area contributed by atoms with Crippen molar-refractivity contribution >= 4 is 12.0 Å². The van der Waals surface area contributed by atoms with Gasteiger partial charge in [0, 0.05) is 12.6 Å². The van der Waals surface area contributed by atoms with E-state index in [0.29, 0.717) is 11.3 Å². The van der Waals surface area contributed by atoms with Crippen LogP contribution >= 0.6 is 0 Å². The Morgan fingerprint density at radius 1 is 1.18 bits per heavy atom. The molecule has 7 nitrogen and oxygen atoms in total. The quantitative estimate of drug-likeness (QED) is 0.742. The molecule has 22 heavy (non-hydrogen) atoms. The molecule has 0 radical (unpaired) electrons. The number of benzene rings is 1. The van der Waals surface area contributed by atoms with E-state index >= 15 is 0 Å². The number of hydrogen-bond acceptors (Lipinski definition) is 5.